The number of amides is 3. The molecule has 0 aliphatic carbocycles. The molecule has 0 bridgehead atoms. The number of hydrogen-bond acceptors (Lipinski definition) is 4. The van der Waals surface area contributed by atoms with E-state index in [2.05, 4.69) is 0 Å². The molecular formula is C21H21FN2O4. The molecule has 0 spiro atoms. The molecule has 1 heterocycles. The lowest BCUT2D eigenvalue weighted by Gasteiger charge is -2.24. The molecule has 7 heteroatoms. The van der Waals surface area contributed by atoms with Crippen molar-refractivity contribution in [1.82, 2.24) is 4.90 Å². The molecule has 0 saturated carbocycles. The lowest BCUT2D eigenvalue weighted by Crippen LogP contribution is -2.48. The number of primary amides is 1. The Bertz CT molecular complexity index is 925. The van der Waals surface area contributed by atoms with Crippen LogP contribution in [-0.2, 0) is 11.4 Å². The van der Waals surface area contributed by atoms with Crippen LogP contribution in [0.3, 0.4) is 0 Å². The SMILES string of the molecule is CC(C)CC(C(N)=O)N1C(=O)c2ccc(OCc3ccc(F)cc3)cc2C1=O. The topological polar surface area (TPSA) is 89.7 Å². The molecule has 1 aliphatic heterocycles. The average molecular weight is 384 g/mol. The lowest BCUT2D eigenvalue weighted by molar-refractivity contribution is -0.122. The van der Waals surface area contributed by atoms with Crippen LogP contribution in [-0.4, -0.2) is 28.7 Å². The van der Waals surface area contributed by atoms with E-state index in [4.69, 9.17) is 10.5 Å². The summed E-state index contributed by atoms with van der Waals surface area (Å²) in [6, 6.07) is 9.44. The molecule has 1 aliphatic rings. The van der Waals surface area contributed by atoms with Crippen LogP contribution in [0, 0.1) is 11.7 Å². The maximum atomic E-state index is 13.0. The van der Waals surface area contributed by atoms with Gasteiger partial charge in [0.2, 0.25) is 5.91 Å². The normalized spacial score (nSPS) is 14.4. The van der Waals surface area contributed by atoms with Gasteiger partial charge in [-0.05, 0) is 48.2 Å². The Morgan fingerprint density at radius 3 is 2.32 bits per heavy atom. The van der Waals surface area contributed by atoms with Gasteiger partial charge in [0.1, 0.15) is 24.2 Å². The zero-order chi connectivity index (χ0) is 20.4. The van der Waals surface area contributed by atoms with E-state index < -0.39 is 23.8 Å². The van der Waals surface area contributed by atoms with Crippen molar-refractivity contribution in [2.45, 2.75) is 32.9 Å². The van der Waals surface area contributed by atoms with Gasteiger partial charge in [-0.3, -0.25) is 19.3 Å². The first-order chi connectivity index (χ1) is 13.3. The average Bonchev–Trinajstić information content (AvgIpc) is 2.89. The summed E-state index contributed by atoms with van der Waals surface area (Å²) in [7, 11) is 0. The van der Waals surface area contributed by atoms with E-state index in [0.717, 1.165) is 10.5 Å². The summed E-state index contributed by atoms with van der Waals surface area (Å²) < 4.78 is 18.6. The van der Waals surface area contributed by atoms with Gasteiger partial charge in [-0.25, -0.2) is 4.39 Å². The van der Waals surface area contributed by atoms with Crippen LogP contribution in [0.5, 0.6) is 5.75 Å². The molecular weight excluding hydrogens is 363 g/mol. The lowest BCUT2D eigenvalue weighted by atomic mass is 10.0. The summed E-state index contributed by atoms with van der Waals surface area (Å²) in [6.45, 7) is 3.95. The molecule has 1 atom stereocenters. The Hall–Kier alpha value is -3.22. The highest BCUT2D eigenvalue weighted by molar-refractivity contribution is 6.23. The second kappa shape index (κ2) is 7.80. The number of hydrogen-bond donors (Lipinski definition) is 1. The summed E-state index contributed by atoms with van der Waals surface area (Å²) >= 11 is 0. The first-order valence-corrected chi connectivity index (χ1v) is 8.96. The van der Waals surface area contributed by atoms with Crippen LogP contribution in [0.2, 0.25) is 0 Å². The number of carbonyl (C=O) groups excluding carboxylic acids is 3. The maximum absolute atomic E-state index is 13.0. The molecule has 0 fully saturated rings. The summed E-state index contributed by atoms with van der Waals surface area (Å²) in [6.07, 6.45) is 0.300. The number of carbonyl (C=O) groups is 3. The Kier molecular flexibility index (Phi) is 5.44. The van der Waals surface area contributed by atoms with Gasteiger partial charge >= 0.3 is 0 Å². The molecule has 6 nitrogen and oxygen atoms in total. The Labute approximate surface area is 162 Å². The predicted molar refractivity (Wildman–Crippen MR) is 100 cm³/mol. The number of ether oxygens (including phenoxy) is 1. The van der Waals surface area contributed by atoms with Gasteiger partial charge in [-0.2, -0.15) is 0 Å². The molecule has 1 unspecified atom stereocenters. The third-order valence-electron chi connectivity index (χ3n) is 4.54. The van der Waals surface area contributed by atoms with Crippen molar-refractivity contribution in [3.05, 3.63) is 65.0 Å². The molecule has 0 saturated heterocycles. The Morgan fingerprint density at radius 1 is 1.07 bits per heavy atom. The van der Waals surface area contributed by atoms with Crippen molar-refractivity contribution in [2.24, 2.45) is 11.7 Å². The molecule has 2 N–H and O–H groups in total. The smallest absolute Gasteiger partial charge is 0.262 e. The largest absolute Gasteiger partial charge is 0.489 e. The third-order valence-corrected chi connectivity index (χ3v) is 4.54. The zero-order valence-electron chi connectivity index (χ0n) is 15.6. The minimum Gasteiger partial charge on any atom is -0.489 e. The number of imide groups is 1. The van der Waals surface area contributed by atoms with Gasteiger partial charge < -0.3 is 10.5 Å². The van der Waals surface area contributed by atoms with E-state index >= 15 is 0 Å². The second-order valence-corrected chi connectivity index (χ2v) is 7.15. The highest BCUT2D eigenvalue weighted by Crippen LogP contribution is 2.30. The minimum absolute atomic E-state index is 0.0800. The summed E-state index contributed by atoms with van der Waals surface area (Å²) in [5, 5.41) is 0. The van der Waals surface area contributed by atoms with Crippen LogP contribution in [0.1, 0.15) is 46.5 Å². The van der Waals surface area contributed by atoms with Crippen LogP contribution in [0.15, 0.2) is 42.5 Å². The number of fused-ring (bicyclic) bond motifs is 1. The number of nitrogens with zero attached hydrogens (tertiary/aromatic N) is 1. The number of rotatable bonds is 7. The Balaban J connectivity index is 1.80. The fourth-order valence-corrected chi connectivity index (χ4v) is 3.15. The maximum Gasteiger partial charge on any atom is 0.262 e. The van der Waals surface area contributed by atoms with Gasteiger partial charge in [0.25, 0.3) is 11.8 Å². The van der Waals surface area contributed by atoms with Crippen LogP contribution in [0.4, 0.5) is 4.39 Å². The number of benzene rings is 2. The molecule has 3 amide bonds. The van der Waals surface area contributed by atoms with E-state index in [1.807, 2.05) is 13.8 Å². The second-order valence-electron chi connectivity index (χ2n) is 7.15. The fourth-order valence-electron chi connectivity index (χ4n) is 3.15. The van der Waals surface area contributed by atoms with E-state index in [1.54, 1.807) is 18.2 Å². The Morgan fingerprint density at radius 2 is 1.71 bits per heavy atom. The highest BCUT2D eigenvalue weighted by Gasteiger charge is 2.42. The van der Waals surface area contributed by atoms with Gasteiger partial charge in [0, 0.05) is 0 Å². The van der Waals surface area contributed by atoms with Crippen molar-refractivity contribution in [3.63, 3.8) is 0 Å². The third kappa shape index (κ3) is 3.88. The van der Waals surface area contributed by atoms with Crippen molar-refractivity contribution >= 4 is 17.7 Å². The summed E-state index contributed by atoms with van der Waals surface area (Å²) in [5.41, 5.74) is 6.60. The first-order valence-electron chi connectivity index (χ1n) is 8.96. The first kappa shape index (κ1) is 19.5. The fraction of sp³-hybridized carbons (Fsp3) is 0.286. The molecule has 0 radical (unpaired) electrons. The highest BCUT2D eigenvalue weighted by atomic mass is 19.1. The van der Waals surface area contributed by atoms with Crippen molar-refractivity contribution in [3.8, 4) is 5.75 Å². The van der Waals surface area contributed by atoms with Crippen molar-refractivity contribution in [2.75, 3.05) is 0 Å². The molecule has 2 aromatic carbocycles. The molecule has 28 heavy (non-hydrogen) atoms. The molecule has 3 rings (SSSR count). The van der Waals surface area contributed by atoms with Gasteiger partial charge in [-0.1, -0.05) is 26.0 Å². The number of halogens is 1. The van der Waals surface area contributed by atoms with Crippen molar-refractivity contribution < 1.29 is 23.5 Å². The minimum atomic E-state index is -0.990. The van der Waals surface area contributed by atoms with Crippen LogP contribution < -0.4 is 10.5 Å². The van der Waals surface area contributed by atoms with E-state index in [0.29, 0.717) is 12.2 Å². The number of nitrogens with two attached hydrogens (primary N) is 1. The summed E-state index contributed by atoms with van der Waals surface area (Å²) in [4.78, 5) is 38.3. The quantitative estimate of drug-likeness (QED) is 0.744. The zero-order valence-corrected chi connectivity index (χ0v) is 15.6. The van der Waals surface area contributed by atoms with Crippen LogP contribution in [0.25, 0.3) is 0 Å². The predicted octanol–water partition coefficient (Wildman–Crippen LogP) is 2.90. The monoisotopic (exact) mass is 384 g/mol. The molecule has 146 valence electrons. The summed E-state index contributed by atoms with van der Waals surface area (Å²) in [5.74, 6) is -1.67. The standard InChI is InChI=1S/C21H21FN2O4/c1-12(2)9-18(19(23)25)24-20(26)16-8-7-15(10-17(16)21(24)27)28-11-13-3-5-14(22)6-4-13/h3-8,10,12,18H,9,11H2,1-2H3,(H2,23,25). The van der Waals surface area contributed by atoms with Gasteiger partial charge in [0.05, 0.1) is 11.1 Å². The van der Waals surface area contributed by atoms with E-state index in [9.17, 15) is 18.8 Å². The van der Waals surface area contributed by atoms with Gasteiger partial charge in [0.15, 0.2) is 0 Å². The van der Waals surface area contributed by atoms with E-state index in [-0.39, 0.29) is 29.5 Å². The molecule has 0 aromatic heterocycles. The van der Waals surface area contributed by atoms with Crippen LogP contribution >= 0.6 is 0 Å². The molecule has 2 aromatic rings. The van der Waals surface area contributed by atoms with E-state index in [1.165, 1.54) is 24.3 Å². The van der Waals surface area contributed by atoms with Crippen molar-refractivity contribution in [1.29, 1.82) is 0 Å². The van der Waals surface area contributed by atoms with Gasteiger partial charge in [-0.15, -0.1) is 0 Å².